The van der Waals surface area contributed by atoms with Crippen molar-refractivity contribution >= 4 is 38.9 Å². The standard InChI is InChI=1S/C14H20ClN3O3S2/c15-11-1-2-13(22-11)23(20,21)17-9-12(19)18-7-4-14(5-8-18)3-6-16-10-14/h1-2,16-17H,3-10H2. The molecule has 2 aliphatic heterocycles. The van der Waals surface area contributed by atoms with Crippen LogP contribution in [-0.4, -0.2) is 51.9 Å². The predicted octanol–water partition coefficient (Wildman–Crippen LogP) is 1.28. The Morgan fingerprint density at radius 2 is 2.09 bits per heavy atom. The van der Waals surface area contributed by atoms with Crippen molar-refractivity contribution in [2.75, 3.05) is 32.7 Å². The molecular weight excluding hydrogens is 358 g/mol. The molecule has 128 valence electrons. The molecule has 0 aromatic carbocycles. The number of nitrogens with one attached hydrogen (secondary N) is 2. The van der Waals surface area contributed by atoms with Gasteiger partial charge in [0.1, 0.15) is 4.21 Å². The number of amides is 1. The number of thiophene rings is 1. The minimum atomic E-state index is -3.67. The summed E-state index contributed by atoms with van der Waals surface area (Å²) in [6.07, 6.45) is 3.14. The van der Waals surface area contributed by atoms with Gasteiger partial charge in [-0.15, -0.1) is 11.3 Å². The van der Waals surface area contributed by atoms with Crippen molar-refractivity contribution in [3.05, 3.63) is 16.5 Å². The molecule has 1 aromatic rings. The molecule has 1 amide bonds. The number of halogens is 1. The Balaban J connectivity index is 1.52. The van der Waals surface area contributed by atoms with Gasteiger partial charge in [0.15, 0.2) is 0 Å². The first kappa shape index (κ1) is 17.2. The highest BCUT2D eigenvalue weighted by atomic mass is 35.5. The van der Waals surface area contributed by atoms with Crippen molar-refractivity contribution in [1.29, 1.82) is 0 Å². The van der Waals surface area contributed by atoms with Crippen molar-refractivity contribution in [3.8, 4) is 0 Å². The fourth-order valence-corrected chi connectivity index (χ4v) is 5.74. The average Bonchev–Trinajstić information content (AvgIpc) is 3.16. The number of sulfonamides is 1. The summed E-state index contributed by atoms with van der Waals surface area (Å²) in [6.45, 7) is 3.28. The van der Waals surface area contributed by atoms with Gasteiger partial charge in [-0.25, -0.2) is 13.1 Å². The lowest BCUT2D eigenvalue weighted by Crippen LogP contribution is -2.47. The maximum Gasteiger partial charge on any atom is 0.250 e. The molecule has 3 heterocycles. The lowest BCUT2D eigenvalue weighted by molar-refractivity contribution is -0.132. The molecule has 2 aliphatic rings. The molecule has 0 aliphatic carbocycles. The van der Waals surface area contributed by atoms with Gasteiger partial charge in [-0.05, 0) is 43.4 Å². The van der Waals surface area contributed by atoms with Crippen LogP contribution >= 0.6 is 22.9 Å². The molecule has 2 N–H and O–H groups in total. The Bertz CT molecular complexity index is 673. The molecule has 1 spiro atoms. The van der Waals surface area contributed by atoms with Crippen LogP contribution in [0.4, 0.5) is 0 Å². The van der Waals surface area contributed by atoms with E-state index in [2.05, 4.69) is 10.0 Å². The van der Waals surface area contributed by atoms with Crippen molar-refractivity contribution in [1.82, 2.24) is 14.9 Å². The van der Waals surface area contributed by atoms with Gasteiger partial charge in [0.25, 0.3) is 10.0 Å². The van der Waals surface area contributed by atoms with Crippen LogP contribution in [0.2, 0.25) is 4.34 Å². The molecule has 0 saturated carbocycles. The summed E-state index contributed by atoms with van der Waals surface area (Å²) in [5, 5.41) is 3.39. The summed E-state index contributed by atoms with van der Waals surface area (Å²) >= 11 is 6.73. The van der Waals surface area contributed by atoms with E-state index >= 15 is 0 Å². The second-order valence-corrected chi connectivity index (χ2v) is 9.90. The fourth-order valence-electron chi connectivity index (χ4n) is 3.23. The monoisotopic (exact) mass is 377 g/mol. The summed E-state index contributed by atoms with van der Waals surface area (Å²) in [7, 11) is -3.67. The van der Waals surface area contributed by atoms with Crippen molar-refractivity contribution in [3.63, 3.8) is 0 Å². The number of carbonyl (C=O) groups excluding carboxylic acids is 1. The van der Waals surface area contributed by atoms with E-state index < -0.39 is 10.0 Å². The van der Waals surface area contributed by atoms with Crippen molar-refractivity contribution < 1.29 is 13.2 Å². The lowest BCUT2D eigenvalue weighted by Gasteiger charge is -2.38. The largest absolute Gasteiger partial charge is 0.342 e. The summed E-state index contributed by atoms with van der Waals surface area (Å²) in [6, 6.07) is 2.97. The number of nitrogens with zero attached hydrogens (tertiary/aromatic N) is 1. The Morgan fingerprint density at radius 3 is 2.65 bits per heavy atom. The first-order valence-corrected chi connectivity index (χ1v) is 10.3. The van der Waals surface area contributed by atoms with E-state index in [1.54, 1.807) is 4.90 Å². The number of hydrogen-bond acceptors (Lipinski definition) is 5. The molecule has 9 heteroatoms. The van der Waals surface area contributed by atoms with Crippen LogP contribution in [0.15, 0.2) is 16.3 Å². The third-order valence-electron chi connectivity index (χ3n) is 4.74. The first-order chi connectivity index (χ1) is 10.9. The summed E-state index contributed by atoms with van der Waals surface area (Å²) in [4.78, 5) is 14.0. The van der Waals surface area contributed by atoms with Gasteiger partial charge in [-0.1, -0.05) is 11.6 Å². The van der Waals surface area contributed by atoms with E-state index in [0.717, 1.165) is 37.3 Å². The molecule has 6 nitrogen and oxygen atoms in total. The molecule has 0 radical (unpaired) electrons. The minimum absolute atomic E-state index is 0.130. The number of piperidine rings is 1. The molecule has 0 atom stereocenters. The van der Waals surface area contributed by atoms with E-state index in [1.807, 2.05) is 0 Å². The topological polar surface area (TPSA) is 78.5 Å². The van der Waals surface area contributed by atoms with Gasteiger partial charge < -0.3 is 10.2 Å². The number of rotatable bonds is 4. The maximum absolute atomic E-state index is 12.2. The van der Waals surface area contributed by atoms with Gasteiger partial charge in [-0.3, -0.25) is 4.79 Å². The zero-order valence-electron chi connectivity index (χ0n) is 12.7. The maximum atomic E-state index is 12.2. The average molecular weight is 378 g/mol. The van der Waals surface area contributed by atoms with Crippen molar-refractivity contribution in [2.45, 2.75) is 23.5 Å². The number of carbonyl (C=O) groups is 1. The van der Waals surface area contributed by atoms with Crippen LogP contribution in [-0.2, 0) is 14.8 Å². The highest BCUT2D eigenvalue weighted by molar-refractivity contribution is 7.91. The van der Waals surface area contributed by atoms with Crippen LogP contribution in [0, 0.1) is 5.41 Å². The highest BCUT2D eigenvalue weighted by Gasteiger charge is 2.38. The van der Waals surface area contributed by atoms with E-state index in [-0.39, 0.29) is 16.7 Å². The van der Waals surface area contributed by atoms with E-state index in [9.17, 15) is 13.2 Å². The van der Waals surface area contributed by atoms with Gasteiger partial charge in [0, 0.05) is 19.6 Å². The molecule has 23 heavy (non-hydrogen) atoms. The molecule has 1 aromatic heterocycles. The van der Waals surface area contributed by atoms with Crippen LogP contribution in [0.3, 0.4) is 0 Å². The van der Waals surface area contributed by atoms with E-state index in [4.69, 9.17) is 11.6 Å². The quantitative estimate of drug-likeness (QED) is 0.828. The SMILES string of the molecule is O=C(CNS(=O)(=O)c1ccc(Cl)s1)N1CCC2(CCNC2)CC1. The zero-order valence-corrected chi connectivity index (χ0v) is 15.1. The Kier molecular flexibility index (Phi) is 4.98. The molecule has 0 bridgehead atoms. The second kappa shape index (κ2) is 6.68. The second-order valence-electron chi connectivity index (χ2n) is 6.19. The summed E-state index contributed by atoms with van der Waals surface area (Å²) in [5.74, 6) is -0.169. The van der Waals surface area contributed by atoms with Gasteiger partial charge in [0.2, 0.25) is 5.91 Å². The molecule has 0 unspecified atom stereocenters. The summed E-state index contributed by atoms with van der Waals surface area (Å²) < 4.78 is 27.1. The first-order valence-electron chi connectivity index (χ1n) is 7.64. The molecule has 2 saturated heterocycles. The zero-order chi connectivity index (χ0) is 16.5. The molecule has 2 fully saturated rings. The Labute approximate surface area is 145 Å². The van der Waals surface area contributed by atoms with Crippen LogP contribution < -0.4 is 10.0 Å². The fraction of sp³-hybridized carbons (Fsp3) is 0.643. The van der Waals surface area contributed by atoms with E-state index in [1.165, 1.54) is 18.6 Å². The van der Waals surface area contributed by atoms with E-state index in [0.29, 0.717) is 22.8 Å². The predicted molar refractivity (Wildman–Crippen MR) is 90.3 cm³/mol. The number of likely N-dealkylation sites (tertiary alicyclic amines) is 1. The third kappa shape index (κ3) is 3.88. The molecular formula is C14H20ClN3O3S2. The Hall–Kier alpha value is -0.670. The van der Waals surface area contributed by atoms with Crippen LogP contribution in [0.25, 0.3) is 0 Å². The lowest BCUT2D eigenvalue weighted by atomic mass is 9.78. The Morgan fingerprint density at radius 1 is 1.35 bits per heavy atom. The third-order valence-corrected chi connectivity index (χ3v) is 7.86. The summed E-state index contributed by atoms with van der Waals surface area (Å²) in [5.41, 5.74) is 0.337. The van der Waals surface area contributed by atoms with Gasteiger partial charge in [0.05, 0.1) is 10.9 Å². The minimum Gasteiger partial charge on any atom is -0.342 e. The van der Waals surface area contributed by atoms with Crippen LogP contribution in [0.5, 0.6) is 0 Å². The smallest absolute Gasteiger partial charge is 0.250 e. The van der Waals surface area contributed by atoms with Gasteiger partial charge >= 0.3 is 0 Å². The number of hydrogen-bond donors (Lipinski definition) is 2. The van der Waals surface area contributed by atoms with Crippen molar-refractivity contribution in [2.24, 2.45) is 5.41 Å². The van der Waals surface area contributed by atoms with Crippen LogP contribution in [0.1, 0.15) is 19.3 Å². The molecule has 3 rings (SSSR count). The highest BCUT2D eigenvalue weighted by Crippen LogP contribution is 2.36. The van der Waals surface area contributed by atoms with Gasteiger partial charge in [-0.2, -0.15) is 0 Å². The normalized spacial score (nSPS) is 21.0.